The highest BCUT2D eigenvalue weighted by atomic mass is 35.5. The SMILES string of the molecule is C=CCn1c(SCc2ccccc2F)nnc1-c1ccc(Cl)c(Cl)c1. The highest BCUT2D eigenvalue weighted by Gasteiger charge is 2.15. The van der Waals surface area contributed by atoms with Gasteiger partial charge in [0, 0.05) is 17.9 Å². The Balaban J connectivity index is 1.90. The van der Waals surface area contributed by atoms with Crippen molar-refractivity contribution in [2.45, 2.75) is 17.5 Å². The Hall–Kier alpha value is -1.82. The van der Waals surface area contributed by atoms with E-state index < -0.39 is 0 Å². The molecule has 1 aromatic heterocycles. The second-order valence-corrected chi connectivity index (χ2v) is 6.97. The van der Waals surface area contributed by atoms with Gasteiger partial charge in [-0.1, -0.05) is 59.2 Å². The van der Waals surface area contributed by atoms with E-state index in [9.17, 15) is 4.39 Å². The van der Waals surface area contributed by atoms with Gasteiger partial charge in [-0.05, 0) is 29.8 Å². The van der Waals surface area contributed by atoms with E-state index in [1.54, 1.807) is 30.3 Å². The highest BCUT2D eigenvalue weighted by molar-refractivity contribution is 7.98. The first kappa shape index (κ1) is 18.0. The molecule has 128 valence electrons. The zero-order valence-corrected chi connectivity index (χ0v) is 15.5. The maximum atomic E-state index is 13.8. The Morgan fingerprint density at radius 2 is 1.92 bits per heavy atom. The molecular formula is C18H14Cl2FN3S. The van der Waals surface area contributed by atoms with E-state index in [0.29, 0.717) is 38.9 Å². The van der Waals surface area contributed by atoms with Gasteiger partial charge in [0.25, 0.3) is 0 Å². The van der Waals surface area contributed by atoms with E-state index in [1.165, 1.54) is 17.8 Å². The third-order valence-corrected chi connectivity index (χ3v) is 5.28. The molecule has 0 amide bonds. The number of benzene rings is 2. The van der Waals surface area contributed by atoms with Crippen molar-refractivity contribution in [3.63, 3.8) is 0 Å². The van der Waals surface area contributed by atoms with Crippen LogP contribution in [0.5, 0.6) is 0 Å². The van der Waals surface area contributed by atoms with Crippen molar-refractivity contribution >= 4 is 35.0 Å². The molecule has 0 aliphatic heterocycles. The summed E-state index contributed by atoms with van der Waals surface area (Å²) in [6.45, 7) is 4.31. The summed E-state index contributed by atoms with van der Waals surface area (Å²) in [4.78, 5) is 0. The first-order chi connectivity index (χ1) is 12.1. The van der Waals surface area contributed by atoms with Crippen LogP contribution in [0.1, 0.15) is 5.56 Å². The third kappa shape index (κ3) is 4.06. The summed E-state index contributed by atoms with van der Waals surface area (Å²) in [7, 11) is 0. The Morgan fingerprint density at radius 3 is 2.64 bits per heavy atom. The second-order valence-electron chi connectivity index (χ2n) is 5.21. The van der Waals surface area contributed by atoms with Crippen LogP contribution < -0.4 is 0 Å². The van der Waals surface area contributed by atoms with Crippen LogP contribution in [0.2, 0.25) is 10.0 Å². The summed E-state index contributed by atoms with van der Waals surface area (Å²) in [5.74, 6) is 0.896. The number of hydrogen-bond acceptors (Lipinski definition) is 3. The summed E-state index contributed by atoms with van der Waals surface area (Å²) in [5, 5.41) is 10.1. The topological polar surface area (TPSA) is 30.7 Å². The minimum absolute atomic E-state index is 0.227. The molecule has 3 nitrogen and oxygen atoms in total. The molecule has 0 saturated heterocycles. The van der Waals surface area contributed by atoms with Crippen LogP contribution in [0, 0.1) is 5.82 Å². The van der Waals surface area contributed by atoms with Gasteiger partial charge in [0.05, 0.1) is 10.0 Å². The standard InChI is InChI=1S/C18H14Cl2FN3S/c1-2-9-24-17(12-7-8-14(19)15(20)10-12)22-23-18(24)25-11-13-5-3-4-6-16(13)21/h2-8,10H,1,9,11H2. The van der Waals surface area contributed by atoms with Crippen molar-refractivity contribution in [1.29, 1.82) is 0 Å². The molecule has 0 saturated carbocycles. The van der Waals surface area contributed by atoms with E-state index in [-0.39, 0.29) is 5.82 Å². The average molecular weight is 394 g/mol. The monoisotopic (exact) mass is 393 g/mol. The zero-order chi connectivity index (χ0) is 17.8. The van der Waals surface area contributed by atoms with Gasteiger partial charge in [-0.2, -0.15) is 0 Å². The van der Waals surface area contributed by atoms with Crippen molar-refractivity contribution in [2.24, 2.45) is 0 Å². The fraction of sp³-hybridized carbons (Fsp3) is 0.111. The number of nitrogens with zero attached hydrogens (tertiary/aromatic N) is 3. The maximum Gasteiger partial charge on any atom is 0.192 e. The smallest absolute Gasteiger partial charge is 0.192 e. The van der Waals surface area contributed by atoms with Crippen LogP contribution in [0.25, 0.3) is 11.4 Å². The Kier molecular flexibility index (Phi) is 5.78. The van der Waals surface area contributed by atoms with Crippen molar-refractivity contribution in [2.75, 3.05) is 0 Å². The van der Waals surface area contributed by atoms with Crippen LogP contribution in [-0.4, -0.2) is 14.8 Å². The first-order valence-electron chi connectivity index (χ1n) is 7.46. The van der Waals surface area contributed by atoms with Gasteiger partial charge in [-0.25, -0.2) is 4.39 Å². The van der Waals surface area contributed by atoms with Crippen LogP contribution in [-0.2, 0) is 12.3 Å². The van der Waals surface area contributed by atoms with E-state index in [4.69, 9.17) is 23.2 Å². The molecule has 2 aromatic carbocycles. The molecule has 0 aliphatic rings. The van der Waals surface area contributed by atoms with E-state index in [0.717, 1.165) is 5.56 Å². The minimum Gasteiger partial charge on any atom is -0.298 e. The van der Waals surface area contributed by atoms with Crippen molar-refractivity contribution < 1.29 is 4.39 Å². The number of allylic oxidation sites excluding steroid dienone is 1. The lowest BCUT2D eigenvalue weighted by Gasteiger charge is -2.08. The number of halogens is 3. The van der Waals surface area contributed by atoms with Crippen molar-refractivity contribution in [3.8, 4) is 11.4 Å². The Bertz CT molecular complexity index is 911. The summed E-state index contributed by atoms with van der Waals surface area (Å²) in [6.07, 6.45) is 1.76. The summed E-state index contributed by atoms with van der Waals surface area (Å²) in [5.41, 5.74) is 1.43. The molecule has 3 rings (SSSR count). The Morgan fingerprint density at radius 1 is 1.12 bits per heavy atom. The lowest BCUT2D eigenvalue weighted by atomic mass is 10.2. The van der Waals surface area contributed by atoms with Gasteiger partial charge in [0.15, 0.2) is 11.0 Å². The quantitative estimate of drug-likeness (QED) is 0.387. The molecule has 0 N–H and O–H groups in total. The molecule has 0 spiro atoms. The maximum absolute atomic E-state index is 13.8. The molecule has 3 aromatic rings. The highest BCUT2D eigenvalue weighted by Crippen LogP contribution is 2.30. The van der Waals surface area contributed by atoms with Gasteiger partial charge in [-0.3, -0.25) is 4.57 Å². The number of hydrogen-bond donors (Lipinski definition) is 0. The van der Waals surface area contributed by atoms with E-state index in [1.807, 2.05) is 16.7 Å². The molecule has 7 heteroatoms. The summed E-state index contributed by atoms with van der Waals surface area (Å²) in [6, 6.07) is 12.0. The number of thioether (sulfide) groups is 1. The van der Waals surface area contributed by atoms with Crippen LogP contribution in [0.4, 0.5) is 4.39 Å². The average Bonchev–Trinajstić information content (AvgIpc) is 3.00. The molecule has 25 heavy (non-hydrogen) atoms. The van der Waals surface area contributed by atoms with E-state index in [2.05, 4.69) is 16.8 Å². The van der Waals surface area contributed by atoms with Crippen LogP contribution in [0.15, 0.2) is 60.3 Å². The second kappa shape index (κ2) is 8.04. The Labute approximate surface area is 159 Å². The third-order valence-electron chi connectivity index (χ3n) is 3.52. The van der Waals surface area contributed by atoms with E-state index >= 15 is 0 Å². The molecule has 1 heterocycles. The molecule has 0 fully saturated rings. The first-order valence-corrected chi connectivity index (χ1v) is 9.20. The molecule has 0 aliphatic carbocycles. The van der Waals surface area contributed by atoms with Crippen LogP contribution in [0.3, 0.4) is 0 Å². The lowest BCUT2D eigenvalue weighted by molar-refractivity contribution is 0.617. The van der Waals surface area contributed by atoms with Gasteiger partial charge in [0.1, 0.15) is 5.82 Å². The predicted molar refractivity (Wildman–Crippen MR) is 102 cm³/mol. The molecule has 0 bridgehead atoms. The molecular weight excluding hydrogens is 380 g/mol. The van der Waals surface area contributed by atoms with Gasteiger partial charge >= 0.3 is 0 Å². The van der Waals surface area contributed by atoms with Crippen molar-refractivity contribution in [3.05, 3.63) is 76.5 Å². The van der Waals surface area contributed by atoms with Gasteiger partial charge in [-0.15, -0.1) is 16.8 Å². The fourth-order valence-electron chi connectivity index (χ4n) is 2.30. The number of aromatic nitrogens is 3. The molecule has 0 radical (unpaired) electrons. The molecule has 0 unspecified atom stereocenters. The van der Waals surface area contributed by atoms with Gasteiger partial charge in [0.2, 0.25) is 0 Å². The summed E-state index contributed by atoms with van der Waals surface area (Å²) < 4.78 is 15.7. The predicted octanol–water partition coefficient (Wildman–Crippen LogP) is 5.87. The fourth-order valence-corrected chi connectivity index (χ4v) is 3.53. The van der Waals surface area contributed by atoms with Gasteiger partial charge < -0.3 is 0 Å². The minimum atomic E-state index is -0.227. The summed E-state index contributed by atoms with van der Waals surface area (Å²) >= 11 is 13.5. The van der Waals surface area contributed by atoms with Crippen LogP contribution >= 0.6 is 35.0 Å². The largest absolute Gasteiger partial charge is 0.298 e. The molecule has 0 atom stereocenters. The lowest BCUT2D eigenvalue weighted by Crippen LogP contribution is -2.01. The normalized spacial score (nSPS) is 10.8. The number of rotatable bonds is 6. The zero-order valence-electron chi connectivity index (χ0n) is 13.1. The van der Waals surface area contributed by atoms with Crippen molar-refractivity contribution in [1.82, 2.24) is 14.8 Å².